The van der Waals surface area contributed by atoms with Crippen LogP contribution in [0.3, 0.4) is 0 Å². The smallest absolute Gasteiger partial charge is 0.128 e. The van der Waals surface area contributed by atoms with Crippen LogP contribution in [-0.2, 0) is 13.2 Å². The molecule has 0 bridgehead atoms. The first-order valence-corrected chi connectivity index (χ1v) is 8.08. The van der Waals surface area contributed by atoms with Gasteiger partial charge in [0.15, 0.2) is 0 Å². The quantitative estimate of drug-likeness (QED) is 0.806. The monoisotopic (exact) mass is 355 g/mol. The molecule has 0 amide bonds. The average Bonchev–Trinajstić information content (AvgIpc) is 2.89. The van der Waals surface area contributed by atoms with E-state index >= 15 is 0 Å². The van der Waals surface area contributed by atoms with Crippen molar-refractivity contribution >= 4 is 27.3 Å². The minimum atomic E-state index is 0.572. The minimum Gasteiger partial charge on any atom is -0.497 e. The molecule has 3 nitrogen and oxygen atoms in total. The summed E-state index contributed by atoms with van der Waals surface area (Å²) in [4.78, 5) is 1.19. The van der Waals surface area contributed by atoms with Crippen molar-refractivity contribution in [3.05, 3.63) is 44.6 Å². The third kappa shape index (κ3) is 4.23. The molecule has 0 unspecified atom stereocenters. The SMILES string of the molecule is CCNCc1ccc(OC)cc1OCc1ccc(Br)s1. The molecule has 0 saturated carbocycles. The predicted octanol–water partition coefficient (Wildman–Crippen LogP) is 4.21. The van der Waals surface area contributed by atoms with Gasteiger partial charge >= 0.3 is 0 Å². The van der Waals surface area contributed by atoms with E-state index in [0.29, 0.717) is 6.61 Å². The molecule has 20 heavy (non-hydrogen) atoms. The van der Waals surface area contributed by atoms with E-state index in [4.69, 9.17) is 9.47 Å². The summed E-state index contributed by atoms with van der Waals surface area (Å²) in [5, 5.41) is 3.32. The third-order valence-electron chi connectivity index (χ3n) is 2.84. The van der Waals surface area contributed by atoms with Crippen LogP contribution < -0.4 is 14.8 Å². The van der Waals surface area contributed by atoms with E-state index in [0.717, 1.165) is 33.9 Å². The summed E-state index contributed by atoms with van der Waals surface area (Å²) in [6, 6.07) is 10.0. The maximum Gasteiger partial charge on any atom is 0.128 e. The van der Waals surface area contributed by atoms with Crippen LogP contribution in [0.1, 0.15) is 17.4 Å². The Hall–Kier alpha value is -1.04. The molecule has 0 fully saturated rings. The Kier molecular flexibility index (Phi) is 5.88. The second-order valence-electron chi connectivity index (χ2n) is 4.25. The summed E-state index contributed by atoms with van der Waals surface area (Å²) >= 11 is 5.15. The Morgan fingerprint density at radius 1 is 1.25 bits per heavy atom. The van der Waals surface area contributed by atoms with Crippen LogP contribution in [-0.4, -0.2) is 13.7 Å². The summed E-state index contributed by atoms with van der Waals surface area (Å²) in [6.45, 7) is 4.39. The molecule has 108 valence electrons. The van der Waals surface area contributed by atoms with Crippen LogP contribution >= 0.6 is 27.3 Å². The Balaban J connectivity index is 2.10. The van der Waals surface area contributed by atoms with Gasteiger partial charge in [0.1, 0.15) is 18.1 Å². The fourth-order valence-electron chi connectivity index (χ4n) is 1.78. The maximum atomic E-state index is 5.95. The lowest BCUT2D eigenvalue weighted by molar-refractivity contribution is 0.303. The van der Waals surface area contributed by atoms with Crippen molar-refractivity contribution in [2.45, 2.75) is 20.1 Å². The van der Waals surface area contributed by atoms with E-state index < -0.39 is 0 Å². The van der Waals surface area contributed by atoms with Crippen molar-refractivity contribution in [2.75, 3.05) is 13.7 Å². The molecule has 0 aliphatic carbocycles. The number of hydrogen-bond acceptors (Lipinski definition) is 4. The molecule has 1 aromatic carbocycles. The highest BCUT2D eigenvalue weighted by atomic mass is 79.9. The van der Waals surface area contributed by atoms with E-state index in [-0.39, 0.29) is 0 Å². The maximum absolute atomic E-state index is 5.95. The topological polar surface area (TPSA) is 30.5 Å². The number of methoxy groups -OCH3 is 1. The Bertz CT molecular complexity index is 557. The van der Waals surface area contributed by atoms with Crippen LogP contribution in [0.2, 0.25) is 0 Å². The standard InChI is InChI=1S/C15H18BrNO2S/c1-3-17-9-11-4-5-12(18-2)8-14(11)19-10-13-6-7-15(16)20-13/h4-8,17H,3,9-10H2,1-2H3. The van der Waals surface area contributed by atoms with E-state index in [2.05, 4.69) is 34.2 Å². The van der Waals surface area contributed by atoms with Gasteiger partial charge in [0.25, 0.3) is 0 Å². The molecular formula is C15H18BrNO2S. The van der Waals surface area contributed by atoms with Crippen LogP contribution in [0, 0.1) is 0 Å². The molecule has 0 aliphatic heterocycles. The van der Waals surface area contributed by atoms with Crippen LogP contribution in [0.25, 0.3) is 0 Å². The van der Waals surface area contributed by atoms with Crippen molar-refractivity contribution < 1.29 is 9.47 Å². The van der Waals surface area contributed by atoms with Gasteiger partial charge in [-0.2, -0.15) is 0 Å². The molecule has 1 heterocycles. The summed E-state index contributed by atoms with van der Waals surface area (Å²) in [5.74, 6) is 1.68. The first-order valence-electron chi connectivity index (χ1n) is 6.47. The molecule has 2 rings (SSSR count). The van der Waals surface area contributed by atoms with Crippen molar-refractivity contribution in [2.24, 2.45) is 0 Å². The second kappa shape index (κ2) is 7.67. The van der Waals surface area contributed by atoms with Gasteiger partial charge in [-0.3, -0.25) is 0 Å². The van der Waals surface area contributed by atoms with E-state index in [1.54, 1.807) is 18.4 Å². The molecule has 1 N–H and O–H groups in total. The number of thiophene rings is 1. The lowest BCUT2D eigenvalue weighted by atomic mass is 10.2. The molecule has 2 aromatic rings. The molecule has 0 radical (unpaired) electrons. The highest BCUT2D eigenvalue weighted by Gasteiger charge is 2.07. The van der Waals surface area contributed by atoms with Gasteiger partial charge in [0.2, 0.25) is 0 Å². The Morgan fingerprint density at radius 2 is 2.10 bits per heavy atom. The number of nitrogens with one attached hydrogen (secondary N) is 1. The van der Waals surface area contributed by atoms with Crippen molar-refractivity contribution in [3.8, 4) is 11.5 Å². The number of ether oxygens (including phenoxy) is 2. The molecule has 0 atom stereocenters. The van der Waals surface area contributed by atoms with Crippen LogP contribution in [0.5, 0.6) is 11.5 Å². The zero-order valence-corrected chi connectivity index (χ0v) is 14.0. The fourth-order valence-corrected chi connectivity index (χ4v) is 3.18. The summed E-state index contributed by atoms with van der Waals surface area (Å²) in [5.41, 5.74) is 1.14. The Labute approximate surface area is 132 Å². The van der Waals surface area contributed by atoms with Gasteiger partial charge in [0, 0.05) is 23.1 Å². The lowest BCUT2D eigenvalue weighted by Gasteiger charge is -2.13. The zero-order chi connectivity index (χ0) is 14.4. The molecule has 5 heteroatoms. The first-order chi connectivity index (χ1) is 9.72. The van der Waals surface area contributed by atoms with Crippen molar-refractivity contribution in [3.63, 3.8) is 0 Å². The molecule has 0 aliphatic rings. The summed E-state index contributed by atoms with van der Waals surface area (Å²) in [6.07, 6.45) is 0. The van der Waals surface area contributed by atoms with Gasteiger partial charge in [-0.05, 0) is 40.7 Å². The summed E-state index contributed by atoms with van der Waals surface area (Å²) in [7, 11) is 1.67. The molecule has 0 spiro atoms. The second-order valence-corrected chi connectivity index (χ2v) is 6.80. The third-order valence-corrected chi connectivity index (χ3v) is 4.44. The van der Waals surface area contributed by atoms with Crippen LogP contribution in [0.15, 0.2) is 34.1 Å². The first kappa shape index (κ1) is 15.4. The van der Waals surface area contributed by atoms with E-state index in [1.165, 1.54) is 4.88 Å². The zero-order valence-electron chi connectivity index (χ0n) is 11.6. The number of benzene rings is 1. The van der Waals surface area contributed by atoms with Crippen molar-refractivity contribution in [1.82, 2.24) is 5.32 Å². The molecule has 0 saturated heterocycles. The van der Waals surface area contributed by atoms with Gasteiger partial charge in [-0.25, -0.2) is 0 Å². The van der Waals surface area contributed by atoms with Gasteiger partial charge in [-0.15, -0.1) is 11.3 Å². The van der Waals surface area contributed by atoms with E-state index in [9.17, 15) is 0 Å². The van der Waals surface area contributed by atoms with Gasteiger partial charge in [-0.1, -0.05) is 13.0 Å². The Morgan fingerprint density at radius 3 is 2.75 bits per heavy atom. The molecule has 1 aromatic heterocycles. The lowest BCUT2D eigenvalue weighted by Crippen LogP contribution is -2.12. The van der Waals surface area contributed by atoms with E-state index in [1.807, 2.05) is 24.3 Å². The number of rotatable bonds is 7. The largest absolute Gasteiger partial charge is 0.497 e. The minimum absolute atomic E-state index is 0.572. The highest BCUT2D eigenvalue weighted by molar-refractivity contribution is 9.11. The number of halogens is 1. The molecular weight excluding hydrogens is 338 g/mol. The highest BCUT2D eigenvalue weighted by Crippen LogP contribution is 2.28. The normalized spacial score (nSPS) is 10.6. The van der Waals surface area contributed by atoms with Gasteiger partial charge in [0.05, 0.1) is 10.9 Å². The average molecular weight is 356 g/mol. The van der Waals surface area contributed by atoms with Crippen molar-refractivity contribution in [1.29, 1.82) is 0 Å². The van der Waals surface area contributed by atoms with Crippen LogP contribution in [0.4, 0.5) is 0 Å². The number of hydrogen-bond donors (Lipinski definition) is 1. The summed E-state index contributed by atoms with van der Waals surface area (Å²) < 4.78 is 12.3. The fraction of sp³-hybridized carbons (Fsp3) is 0.333. The predicted molar refractivity (Wildman–Crippen MR) is 86.7 cm³/mol. The van der Waals surface area contributed by atoms with Gasteiger partial charge < -0.3 is 14.8 Å².